The van der Waals surface area contributed by atoms with Gasteiger partial charge in [0.2, 0.25) is 0 Å². The topological polar surface area (TPSA) is 124 Å². The van der Waals surface area contributed by atoms with Crippen LogP contribution in [-0.2, 0) is 28.1 Å². The number of Topliss-reactive ketones (excluding diaryl/α,β-unsaturated/α-hetero) is 2. The molecule has 2 rings (SSSR count). The van der Waals surface area contributed by atoms with Gasteiger partial charge in [0.1, 0.15) is 6.61 Å². The monoisotopic (exact) mass is 562 g/mol. The third-order valence-electron chi connectivity index (χ3n) is 5.09. The lowest BCUT2D eigenvalue weighted by atomic mass is 10.1. The van der Waals surface area contributed by atoms with Crippen LogP contribution in [0.15, 0.2) is 48.5 Å². The molecular weight excluding hydrogens is 528 g/mol. The molecule has 0 saturated carbocycles. The maximum Gasteiger partial charge on any atom is 0.373 e. The van der Waals surface area contributed by atoms with Crippen LogP contribution in [0.1, 0.15) is 48.4 Å². The zero-order chi connectivity index (χ0) is 28.3. The molecule has 0 N–H and O–H groups in total. The molecule has 0 unspecified atom stereocenters. The van der Waals surface area contributed by atoms with Crippen molar-refractivity contribution in [1.82, 2.24) is 0 Å². The number of hydrogen-bond acceptors (Lipinski definition) is 10. The van der Waals surface area contributed by atoms with E-state index in [-0.39, 0.29) is 30.5 Å². The summed E-state index contributed by atoms with van der Waals surface area (Å²) in [4.78, 5) is 56.3. The van der Waals surface area contributed by atoms with Crippen LogP contribution in [0, 0.1) is 0 Å². The summed E-state index contributed by atoms with van der Waals surface area (Å²) < 4.78 is 22.8. The molecule has 206 valence electrons. The van der Waals surface area contributed by atoms with Gasteiger partial charge in [-0.3, -0.25) is 14.5 Å². The van der Waals surface area contributed by atoms with Crippen molar-refractivity contribution in [3.8, 4) is 0 Å². The molecular formula is C26H34O10Si2. The van der Waals surface area contributed by atoms with Gasteiger partial charge < -0.3 is 18.3 Å². The highest BCUT2D eigenvalue weighted by atomic mass is 28.4. The van der Waals surface area contributed by atoms with E-state index in [4.69, 9.17) is 18.3 Å². The van der Waals surface area contributed by atoms with Crippen LogP contribution >= 0.6 is 0 Å². The van der Waals surface area contributed by atoms with Crippen molar-refractivity contribution >= 4 is 40.1 Å². The lowest BCUT2D eigenvalue weighted by Gasteiger charge is -2.33. The molecule has 0 aliphatic rings. The number of esters is 1. The van der Waals surface area contributed by atoms with Gasteiger partial charge in [-0.1, -0.05) is 24.3 Å². The highest BCUT2D eigenvalue weighted by Crippen LogP contribution is 2.16. The average molecular weight is 563 g/mol. The minimum absolute atomic E-state index is 0.0812. The summed E-state index contributed by atoms with van der Waals surface area (Å²) in [5, 5.41) is 0. The first-order valence-electron chi connectivity index (χ1n) is 11.9. The molecule has 0 heterocycles. The van der Waals surface area contributed by atoms with Gasteiger partial charge in [0.25, 0.3) is 0 Å². The Balaban J connectivity index is 1.73. The molecule has 0 aliphatic heterocycles. The summed E-state index contributed by atoms with van der Waals surface area (Å²) in [7, 11) is -3.34. The molecule has 0 bridgehead atoms. The lowest BCUT2D eigenvalue weighted by molar-refractivity contribution is -0.216. The second-order valence-electron chi connectivity index (χ2n) is 9.68. The zero-order valence-corrected chi connectivity index (χ0v) is 24.5. The summed E-state index contributed by atoms with van der Waals surface area (Å²) in [6.07, 6.45) is 0.607. The molecule has 10 nitrogen and oxygen atoms in total. The summed E-state index contributed by atoms with van der Waals surface area (Å²) >= 11 is 0. The van der Waals surface area contributed by atoms with E-state index in [9.17, 15) is 19.2 Å². The van der Waals surface area contributed by atoms with Crippen LogP contribution in [0.3, 0.4) is 0 Å². The summed E-state index contributed by atoms with van der Waals surface area (Å²) in [6, 6.07) is 12.2. The summed E-state index contributed by atoms with van der Waals surface area (Å²) in [5.74, 6) is -1.50. The fourth-order valence-electron chi connectivity index (χ4n) is 3.50. The number of hydrogen-bond donors (Lipinski definition) is 0. The molecule has 0 spiro atoms. The predicted octanol–water partition coefficient (Wildman–Crippen LogP) is 4.14. The number of benzene rings is 2. The molecule has 0 radical (unpaired) electrons. The molecule has 0 aromatic heterocycles. The Kier molecular flexibility index (Phi) is 11.7. The maximum atomic E-state index is 12.4. The predicted molar refractivity (Wildman–Crippen MR) is 143 cm³/mol. The molecule has 2 aromatic rings. The van der Waals surface area contributed by atoms with Gasteiger partial charge >= 0.3 is 11.9 Å². The van der Waals surface area contributed by atoms with E-state index in [1.807, 2.05) is 26.2 Å². The van der Waals surface area contributed by atoms with Gasteiger partial charge in [0.05, 0.1) is 30.7 Å². The van der Waals surface area contributed by atoms with E-state index >= 15 is 0 Å². The minimum atomic E-state index is -2.29. The Morgan fingerprint density at radius 1 is 0.684 bits per heavy atom. The fraction of sp³-hybridized carbons (Fsp3) is 0.385. The molecule has 0 aliphatic carbocycles. The van der Waals surface area contributed by atoms with E-state index in [1.54, 1.807) is 12.1 Å². The van der Waals surface area contributed by atoms with Gasteiger partial charge in [-0.15, -0.1) is 0 Å². The van der Waals surface area contributed by atoms with Gasteiger partial charge in [0, 0.05) is 11.1 Å². The van der Waals surface area contributed by atoms with Crippen molar-refractivity contribution in [2.45, 2.75) is 33.1 Å². The third-order valence-corrected chi connectivity index (χ3v) is 11.3. The minimum Gasteiger partial charge on any atom is -0.453 e. The van der Waals surface area contributed by atoms with E-state index < -0.39 is 28.6 Å². The van der Waals surface area contributed by atoms with Crippen LogP contribution in [0.2, 0.25) is 26.2 Å². The number of rotatable bonds is 15. The molecule has 0 fully saturated rings. The second kappa shape index (κ2) is 14.2. The van der Waals surface area contributed by atoms with Gasteiger partial charge in [0.15, 0.2) is 35.0 Å². The van der Waals surface area contributed by atoms with Crippen molar-refractivity contribution in [2.24, 2.45) is 0 Å². The number of ether oxygens (including phenoxy) is 3. The van der Waals surface area contributed by atoms with E-state index in [0.717, 1.165) is 0 Å². The van der Waals surface area contributed by atoms with Crippen LogP contribution in [-0.4, -0.2) is 73.1 Å². The van der Waals surface area contributed by atoms with Crippen molar-refractivity contribution in [2.75, 3.05) is 33.0 Å². The Labute approximate surface area is 224 Å². The molecule has 12 heteroatoms. The average Bonchev–Trinajstić information content (AvgIpc) is 2.86. The fourth-order valence-corrected chi connectivity index (χ4v) is 11.1. The van der Waals surface area contributed by atoms with Crippen LogP contribution in [0.25, 0.3) is 0 Å². The highest BCUT2D eigenvalue weighted by Gasteiger charge is 2.34. The maximum absolute atomic E-state index is 12.4. The van der Waals surface area contributed by atoms with Crippen molar-refractivity contribution in [3.63, 3.8) is 0 Å². The SMILES string of the molecule is COOC(=O)c1ccc(C(=O)COC[Si](C)(C)O[Si](C)(C)COCOC(=O)c2ccc(C(C)=O)cc2)cc1. The van der Waals surface area contributed by atoms with E-state index in [0.29, 0.717) is 29.2 Å². The lowest BCUT2D eigenvalue weighted by Crippen LogP contribution is -2.50. The Morgan fingerprint density at radius 2 is 1.16 bits per heavy atom. The van der Waals surface area contributed by atoms with Crippen LogP contribution in [0.4, 0.5) is 0 Å². The number of carbonyl (C=O) groups is 4. The molecule has 0 saturated heterocycles. The Morgan fingerprint density at radius 3 is 1.68 bits per heavy atom. The molecule has 38 heavy (non-hydrogen) atoms. The third kappa shape index (κ3) is 10.4. The number of carbonyl (C=O) groups excluding carboxylic acids is 4. The highest BCUT2D eigenvalue weighted by molar-refractivity contribution is 6.84. The standard InChI is InChI=1S/C26H34O10Si2/c1-19(27)20-7-11-22(12-8-20)25(29)34-16-33-18-38(5,6)36-37(3,4)17-32-15-24(28)21-9-13-23(14-10-21)26(30)35-31-2/h7-14H,15-18H2,1-6H3. The van der Waals surface area contributed by atoms with Gasteiger partial charge in [-0.2, -0.15) is 4.89 Å². The summed E-state index contributed by atoms with van der Waals surface area (Å²) in [5.41, 5.74) is 1.52. The van der Waals surface area contributed by atoms with Crippen molar-refractivity contribution in [1.29, 1.82) is 0 Å². The zero-order valence-electron chi connectivity index (χ0n) is 22.5. The first-order valence-corrected chi connectivity index (χ1v) is 18.1. The van der Waals surface area contributed by atoms with Crippen LogP contribution < -0.4 is 0 Å². The number of ketones is 2. The van der Waals surface area contributed by atoms with Crippen molar-refractivity contribution in [3.05, 3.63) is 70.8 Å². The molecule has 0 amide bonds. The first kappa shape index (κ1) is 31.2. The quantitative estimate of drug-likeness (QED) is 0.0595. The van der Waals surface area contributed by atoms with E-state index in [1.165, 1.54) is 50.4 Å². The Bertz CT molecular complexity index is 1110. The Hall–Kier alpha value is -3.01. The van der Waals surface area contributed by atoms with Gasteiger partial charge in [-0.05, 0) is 57.4 Å². The van der Waals surface area contributed by atoms with Crippen molar-refractivity contribution < 1.29 is 47.3 Å². The summed E-state index contributed by atoms with van der Waals surface area (Å²) in [6.45, 7) is 9.08. The second-order valence-corrected chi connectivity index (χ2v) is 18.1. The smallest absolute Gasteiger partial charge is 0.373 e. The first-order chi connectivity index (χ1) is 17.8. The largest absolute Gasteiger partial charge is 0.453 e. The van der Waals surface area contributed by atoms with Crippen LogP contribution in [0.5, 0.6) is 0 Å². The normalized spacial score (nSPS) is 11.6. The molecule has 2 aromatic carbocycles. The van der Waals surface area contributed by atoms with Gasteiger partial charge in [-0.25, -0.2) is 9.59 Å². The van der Waals surface area contributed by atoms with E-state index in [2.05, 4.69) is 9.78 Å². The molecule has 0 atom stereocenters.